The summed E-state index contributed by atoms with van der Waals surface area (Å²) in [4.78, 5) is 14.7. The molecule has 7 heteroatoms. The molecule has 2 aromatic carbocycles. The monoisotopic (exact) mass is 392 g/mol. The van der Waals surface area contributed by atoms with Crippen molar-refractivity contribution in [1.82, 2.24) is 4.98 Å². The molecule has 3 aromatic rings. The first-order valence-electron chi connectivity index (χ1n) is 8.11. The summed E-state index contributed by atoms with van der Waals surface area (Å²) in [7, 11) is 0. The van der Waals surface area contributed by atoms with E-state index >= 15 is 0 Å². The third-order valence-corrected chi connectivity index (χ3v) is 5.51. The number of aromatic nitrogens is 1. The Balaban J connectivity index is 1.83. The highest BCUT2D eigenvalue weighted by atomic mass is 35.5. The summed E-state index contributed by atoms with van der Waals surface area (Å²) in [6, 6.07) is 9.98. The van der Waals surface area contributed by atoms with Gasteiger partial charge >= 0.3 is 0 Å². The van der Waals surface area contributed by atoms with Gasteiger partial charge in [-0.05, 0) is 35.7 Å². The maximum absolute atomic E-state index is 14.7. The van der Waals surface area contributed by atoms with Crippen LogP contribution in [-0.2, 0) is 10.3 Å². The number of rotatable bonds is 3. The van der Waals surface area contributed by atoms with Crippen molar-refractivity contribution in [2.75, 3.05) is 18.5 Å². The first-order chi connectivity index (χ1) is 12.5. The van der Waals surface area contributed by atoms with Crippen molar-refractivity contribution in [2.45, 2.75) is 12.0 Å². The van der Waals surface area contributed by atoms with Crippen LogP contribution < -0.4 is 10.9 Å². The molecule has 1 aliphatic heterocycles. The van der Waals surface area contributed by atoms with Gasteiger partial charge in [0.1, 0.15) is 5.82 Å². The van der Waals surface area contributed by atoms with Gasteiger partial charge in [0.2, 0.25) is 0 Å². The van der Waals surface area contributed by atoms with E-state index in [0.717, 1.165) is 5.39 Å². The molecule has 0 spiro atoms. The van der Waals surface area contributed by atoms with Crippen LogP contribution in [0.25, 0.3) is 10.8 Å². The van der Waals surface area contributed by atoms with Crippen LogP contribution in [0.5, 0.6) is 0 Å². The summed E-state index contributed by atoms with van der Waals surface area (Å²) >= 11 is 12.4. The fourth-order valence-electron chi connectivity index (χ4n) is 3.43. The van der Waals surface area contributed by atoms with Gasteiger partial charge in [-0.3, -0.25) is 4.79 Å². The molecule has 2 heterocycles. The predicted molar refractivity (Wildman–Crippen MR) is 102 cm³/mol. The van der Waals surface area contributed by atoms with E-state index in [0.29, 0.717) is 24.1 Å². The van der Waals surface area contributed by atoms with Gasteiger partial charge < -0.3 is 15.0 Å². The van der Waals surface area contributed by atoms with Crippen molar-refractivity contribution in [3.05, 3.63) is 74.4 Å². The maximum atomic E-state index is 14.7. The zero-order valence-corrected chi connectivity index (χ0v) is 15.1. The summed E-state index contributed by atoms with van der Waals surface area (Å²) in [6.45, 7) is 0.705. The number of hydrogen-bond acceptors (Lipinski definition) is 3. The Hall–Kier alpha value is -2.08. The third-order valence-electron chi connectivity index (χ3n) is 4.70. The fraction of sp³-hybridized carbons (Fsp3) is 0.211. The SMILES string of the molecule is O=c1[nH]ccc2ccc(NC3(c4c(F)ccc(Cl)c4Cl)CCOC3)cc12. The van der Waals surface area contributed by atoms with Gasteiger partial charge in [-0.15, -0.1) is 0 Å². The summed E-state index contributed by atoms with van der Waals surface area (Å²) in [6.07, 6.45) is 2.12. The Morgan fingerprint density at radius 2 is 2.04 bits per heavy atom. The molecule has 0 saturated carbocycles. The van der Waals surface area contributed by atoms with Crippen molar-refractivity contribution in [3.8, 4) is 0 Å². The Labute approximate surface area is 158 Å². The molecule has 1 atom stereocenters. The third kappa shape index (κ3) is 2.86. The molecule has 4 nitrogen and oxygen atoms in total. The van der Waals surface area contributed by atoms with E-state index in [9.17, 15) is 9.18 Å². The normalized spacial score (nSPS) is 19.8. The molecule has 1 unspecified atom stereocenters. The molecule has 0 radical (unpaired) electrons. The number of pyridine rings is 1. The molecule has 134 valence electrons. The van der Waals surface area contributed by atoms with Gasteiger partial charge in [0.15, 0.2) is 0 Å². The first-order valence-corrected chi connectivity index (χ1v) is 8.87. The van der Waals surface area contributed by atoms with E-state index in [1.165, 1.54) is 12.1 Å². The van der Waals surface area contributed by atoms with Gasteiger partial charge in [-0.1, -0.05) is 29.3 Å². The van der Waals surface area contributed by atoms with Crippen LogP contribution >= 0.6 is 23.2 Å². The van der Waals surface area contributed by atoms with Crippen LogP contribution in [-0.4, -0.2) is 18.2 Å². The van der Waals surface area contributed by atoms with Crippen molar-refractivity contribution in [3.63, 3.8) is 0 Å². The minimum Gasteiger partial charge on any atom is -0.379 e. The Bertz CT molecular complexity index is 1050. The van der Waals surface area contributed by atoms with Crippen LogP contribution in [0.2, 0.25) is 10.0 Å². The standard InChI is InChI=1S/C19H15Cl2FN2O2/c20-14-3-4-15(22)16(17(14)21)19(6-8-26-10-19)24-12-2-1-11-5-7-23-18(25)13(11)9-12/h1-5,7,9,24H,6,8,10H2,(H,23,25). The van der Waals surface area contributed by atoms with E-state index < -0.39 is 11.4 Å². The molecule has 26 heavy (non-hydrogen) atoms. The highest BCUT2D eigenvalue weighted by molar-refractivity contribution is 6.42. The van der Waals surface area contributed by atoms with Gasteiger partial charge in [0, 0.05) is 35.9 Å². The number of anilines is 1. The van der Waals surface area contributed by atoms with E-state index in [1.54, 1.807) is 12.3 Å². The average molecular weight is 393 g/mol. The maximum Gasteiger partial charge on any atom is 0.255 e. The molecule has 1 fully saturated rings. The van der Waals surface area contributed by atoms with Crippen LogP contribution in [0.1, 0.15) is 12.0 Å². The van der Waals surface area contributed by atoms with Crippen molar-refractivity contribution in [1.29, 1.82) is 0 Å². The second-order valence-corrected chi connectivity index (χ2v) is 7.12. The zero-order chi connectivity index (χ0) is 18.3. The van der Waals surface area contributed by atoms with Gasteiger partial charge in [-0.25, -0.2) is 4.39 Å². The molecule has 4 rings (SSSR count). The van der Waals surface area contributed by atoms with Crippen LogP contribution in [0, 0.1) is 5.82 Å². The zero-order valence-electron chi connectivity index (χ0n) is 13.6. The molecule has 2 N–H and O–H groups in total. The van der Waals surface area contributed by atoms with Crippen molar-refractivity contribution < 1.29 is 9.13 Å². The molecular formula is C19H15Cl2FN2O2. The molecule has 0 aliphatic carbocycles. The second-order valence-electron chi connectivity index (χ2n) is 6.34. The van der Waals surface area contributed by atoms with Crippen LogP contribution in [0.4, 0.5) is 10.1 Å². The molecule has 0 amide bonds. The number of fused-ring (bicyclic) bond motifs is 1. The van der Waals surface area contributed by atoms with E-state index in [-0.39, 0.29) is 27.8 Å². The largest absolute Gasteiger partial charge is 0.379 e. The molecule has 1 aromatic heterocycles. The van der Waals surface area contributed by atoms with Crippen LogP contribution in [0.3, 0.4) is 0 Å². The van der Waals surface area contributed by atoms with Crippen LogP contribution in [0.15, 0.2) is 47.4 Å². The Morgan fingerprint density at radius 1 is 1.19 bits per heavy atom. The van der Waals surface area contributed by atoms with E-state index in [2.05, 4.69) is 10.3 Å². The van der Waals surface area contributed by atoms with E-state index in [4.69, 9.17) is 27.9 Å². The average Bonchev–Trinajstić information content (AvgIpc) is 3.08. The second kappa shape index (κ2) is 6.58. The number of benzene rings is 2. The molecular weight excluding hydrogens is 378 g/mol. The lowest BCUT2D eigenvalue weighted by atomic mass is 9.88. The molecule has 1 saturated heterocycles. The highest BCUT2D eigenvalue weighted by Gasteiger charge is 2.41. The predicted octanol–water partition coefficient (Wildman–Crippen LogP) is 4.70. The smallest absolute Gasteiger partial charge is 0.255 e. The summed E-state index contributed by atoms with van der Waals surface area (Å²) in [5.41, 5.74) is -0.0856. The fourth-order valence-corrected chi connectivity index (χ4v) is 3.92. The number of aromatic amines is 1. The quantitative estimate of drug-likeness (QED) is 0.635. The lowest BCUT2D eigenvalue weighted by Crippen LogP contribution is -2.37. The summed E-state index contributed by atoms with van der Waals surface area (Å²) in [5.74, 6) is -0.448. The minimum atomic E-state index is -0.860. The Morgan fingerprint density at radius 3 is 2.81 bits per heavy atom. The van der Waals surface area contributed by atoms with Crippen molar-refractivity contribution >= 4 is 39.7 Å². The number of halogens is 3. The first kappa shape index (κ1) is 17.3. The summed E-state index contributed by atoms with van der Waals surface area (Å²) in [5, 5.41) is 5.16. The lowest BCUT2D eigenvalue weighted by molar-refractivity contribution is 0.181. The summed E-state index contributed by atoms with van der Waals surface area (Å²) < 4.78 is 20.2. The van der Waals surface area contributed by atoms with Crippen molar-refractivity contribution in [2.24, 2.45) is 0 Å². The highest BCUT2D eigenvalue weighted by Crippen LogP contribution is 2.42. The topological polar surface area (TPSA) is 54.1 Å². The lowest BCUT2D eigenvalue weighted by Gasteiger charge is -2.32. The Kier molecular flexibility index (Phi) is 4.39. The van der Waals surface area contributed by atoms with Gasteiger partial charge in [-0.2, -0.15) is 0 Å². The van der Waals surface area contributed by atoms with Gasteiger partial charge in [0.05, 0.1) is 22.2 Å². The number of nitrogens with one attached hydrogen (secondary N) is 2. The van der Waals surface area contributed by atoms with Gasteiger partial charge in [0.25, 0.3) is 5.56 Å². The minimum absolute atomic E-state index is 0.170. The number of H-pyrrole nitrogens is 1. The molecule has 1 aliphatic rings. The van der Waals surface area contributed by atoms with E-state index in [1.807, 2.05) is 18.2 Å². The number of hydrogen-bond donors (Lipinski definition) is 2. The number of ether oxygens (including phenoxy) is 1. The molecule has 0 bridgehead atoms.